The number of piperazine rings is 1. The van der Waals surface area contributed by atoms with Crippen molar-refractivity contribution in [3.05, 3.63) is 46.0 Å². The van der Waals surface area contributed by atoms with Crippen molar-refractivity contribution in [2.75, 3.05) is 56.5 Å². The smallest absolute Gasteiger partial charge is 0.273 e. The van der Waals surface area contributed by atoms with Crippen molar-refractivity contribution in [2.24, 2.45) is 0 Å². The Hall–Kier alpha value is -2.53. The minimum absolute atomic E-state index is 0.0223. The molecule has 0 aliphatic carbocycles. The van der Waals surface area contributed by atoms with Gasteiger partial charge in [0.15, 0.2) is 22.5 Å². The zero-order chi connectivity index (χ0) is 26.5. The van der Waals surface area contributed by atoms with Crippen LogP contribution in [-0.2, 0) is 6.54 Å². The monoisotopic (exact) mass is 533 g/mol. The number of hydrogen-bond donors (Lipinski definition) is 3. The number of aliphatic hydroxyl groups excluding tert-OH is 1. The van der Waals surface area contributed by atoms with E-state index in [9.17, 15) is 9.18 Å². The van der Waals surface area contributed by atoms with E-state index in [1.165, 1.54) is 0 Å². The Balaban J connectivity index is 1.35. The number of rotatable bonds is 8. The molecule has 202 valence electrons. The number of amides is 1. The van der Waals surface area contributed by atoms with Crippen molar-refractivity contribution in [3.63, 3.8) is 0 Å². The topological polar surface area (TPSA) is 111 Å². The van der Waals surface area contributed by atoms with Crippen LogP contribution in [0.25, 0.3) is 0 Å². The van der Waals surface area contributed by atoms with Crippen LogP contribution in [-0.4, -0.2) is 88.7 Å². The first-order valence-corrected chi connectivity index (χ1v) is 13.4. The zero-order valence-corrected chi connectivity index (χ0v) is 22.3. The third kappa shape index (κ3) is 6.49. The first kappa shape index (κ1) is 27.5. The first-order chi connectivity index (χ1) is 17.8. The molecule has 2 fully saturated rings. The first-order valence-electron chi connectivity index (χ1n) is 13.0. The van der Waals surface area contributed by atoms with Gasteiger partial charge >= 0.3 is 0 Å². The van der Waals surface area contributed by atoms with E-state index in [2.05, 4.69) is 36.9 Å². The maximum Gasteiger partial charge on any atom is 0.273 e. The lowest BCUT2D eigenvalue weighted by atomic mass is 9.97. The Labute approximate surface area is 222 Å². The summed E-state index contributed by atoms with van der Waals surface area (Å²) in [6, 6.07) is 6.25. The molecular weight excluding hydrogens is 497 g/mol. The molecule has 2 aliphatic rings. The van der Waals surface area contributed by atoms with Gasteiger partial charge in [0.05, 0.1) is 6.61 Å². The van der Waals surface area contributed by atoms with E-state index in [4.69, 9.17) is 22.4 Å². The summed E-state index contributed by atoms with van der Waals surface area (Å²) in [7, 11) is 0. The van der Waals surface area contributed by atoms with Crippen LogP contribution in [0.15, 0.2) is 18.2 Å². The second-order valence-electron chi connectivity index (χ2n) is 9.89. The minimum atomic E-state index is -0.510. The van der Waals surface area contributed by atoms with Crippen LogP contribution < -0.4 is 16.0 Å². The van der Waals surface area contributed by atoms with Crippen molar-refractivity contribution in [1.82, 2.24) is 25.1 Å². The van der Waals surface area contributed by atoms with Crippen LogP contribution in [0.1, 0.15) is 47.8 Å². The fourth-order valence-corrected chi connectivity index (χ4v) is 5.66. The number of hydrogen-bond acceptors (Lipinski definition) is 8. The van der Waals surface area contributed by atoms with Crippen molar-refractivity contribution in [3.8, 4) is 0 Å². The highest BCUT2D eigenvalue weighted by Gasteiger charge is 2.34. The molecular formula is C26H37ClFN7O2. The fourth-order valence-electron chi connectivity index (χ4n) is 5.42. The molecule has 2 aromatic rings. The average Bonchev–Trinajstić information content (AvgIpc) is 2.90. The molecule has 1 atom stereocenters. The Bertz CT molecular complexity index is 1100. The maximum atomic E-state index is 13.6. The number of nitrogen functional groups attached to an aromatic ring is 1. The standard InChI is InChI=1S/C26H37ClFN7O2/c1-3-19-16-34(25-23(27)31-22(24(29)32-25)26(37)30-8-13-36)11-12-35(19)20-6-9-33(10-7-20)15-18-4-5-21(28)17(2)14-18/h4-5,14,19-20,36H,3,6-13,15-16H2,1-2H3,(H2,29,32)(H,30,37)/t19-/m0/s1. The van der Waals surface area contributed by atoms with Crippen LogP contribution in [0.3, 0.4) is 0 Å². The number of nitrogens with one attached hydrogen (secondary N) is 1. The molecule has 11 heteroatoms. The van der Waals surface area contributed by atoms with Crippen molar-refractivity contribution >= 4 is 29.1 Å². The van der Waals surface area contributed by atoms with Crippen molar-refractivity contribution < 1.29 is 14.3 Å². The zero-order valence-electron chi connectivity index (χ0n) is 21.6. The van der Waals surface area contributed by atoms with Gasteiger partial charge in [0.2, 0.25) is 0 Å². The Kier molecular flexibility index (Phi) is 9.17. The highest BCUT2D eigenvalue weighted by Crippen LogP contribution is 2.30. The van der Waals surface area contributed by atoms with Crippen molar-refractivity contribution in [2.45, 2.75) is 51.7 Å². The molecule has 1 amide bonds. The molecule has 1 aromatic heterocycles. The Morgan fingerprint density at radius 2 is 2.00 bits per heavy atom. The van der Waals surface area contributed by atoms with E-state index in [-0.39, 0.29) is 35.6 Å². The second kappa shape index (κ2) is 12.3. The number of halogens is 2. The number of carbonyl (C=O) groups excluding carboxylic acids is 1. The number of carbonyl (C=O) groups is 1. The summed E-state index contributed by atoms with van der Waals surface area (Å²) in [5.74, 6) is -0.138. The largest absolute Gasteiger partial charge is 0.395 e. The van der Waals surface area contributed by atoms with Gasteiger partial charge in [0, 0.05) is 44.8 Å². The van der Waals surface area contributed by atoms with Crippen LogP contribution in [0, 0.1) is 12.7 Å². The normalized spacial score (nSPS) is 19.8. The number of aromatic nitrogens is 2. The number of piperidine rings is 1. The number of aryl methyl sites for hydroxylation is 1. The van der Waals surface area contributed by atoms with Crippen LogP contribution >= 0.6 is 11.6 Å². The van der Waals surface area contributed by atoms with E-state index in [0.717, 1.165) is 64.1 Å². The van der Waals surface area contributed by atoms with E-state index in [1.54, 1.807) is 6.07 Å². The van der Waals surface area contributed by atoms with Crippen LogP contribution in [0.2, 0.25) is 5.15 Å². The molecule has 0 unspecified atom stereocenters. The molecule has 0 radical (unpaired) electrons. The number of aliphatic hydroxyl groups is 1. The van der Waals surface area contributed by atoms with Gasteiger partial charge in [-0.15, -0.1) is 0 Å². The molecule has 4 rings (SSSR count). The highest BCUT2D eigenvalue weighted by molar-refractivity contribution is 6.32. The lowest BCUT2D eigenvalue weighted by Gasteiger charge is -2.47. The number of nitrogens with zero attached hydrogens (tertiary/aromatic N) is 5. The molecule has 0 spiro atoms. The van der Waals surface area contributed by atoms with E-state index < -0.39 is 5.91 Å². The van der Waals surface area contributed by atoms with Crippen molar-refractivity contribution in [1.29, 1.82) is 0 Å². The molecule has 9 nitrogen and oxygen atoms in total. The Morgan fingerprint density at radius 3 is 2.68 bits per heavy atom. The highest BCUT2D eigenvalue weighted by atomic mass is 35.5. The third-order valence-corrected chi connectivity index (χ3v) is 7.68. The molecule has 0 bridgehead atoms. The maximum absolute atomic E-state index is 13.6. The lowest BCUT2D eigenvalue weighted by molar-refractivity contribution is 0.0610. The van der Waals surface area contributed by atoms with Gasteiger partial charge in [-0.3, -0.25) is 14.6 Å². The van der Waals surface area contributed by atoms with Gasteiger partial charge in [-0.1, -0.05) is 30.7 Å². The van der Waals surface area contributed by atoms with Gasteiger partial charge in [-0.25, -0.2) is 14.4 Å². The summed E-state index contributed by atoms with van der Waals surface area (Å²) in [5, 5.41) is 11.6. The quantitative estimate of drug-likeness (QED) is 0.474. The molecule has 1 aromatic carbocycles. The van der Waals surface area contributed by atoms with Gasteiger partial charge in [0.1, 0.15) is 5.82 Å². The molecule has 4 N–H and O–H groups in total. The summed E-state index contributed by atoms with van der Waals surface area (Å²) in [6.45, 7) is 9.21. The second-order valence-corrected chi connectivity index (χ2v) is 10.2. The summed E-state index contributed by atoms with van der Waals surface area (Å²) < 4.78 is 13.6. The summed E-state index contributed by atoms with van der Waals surface area (Å²) in [5.41, 5.74) is 7.87. The molecule has 37 heavy (non-hydrogen) atoms. The summed E-state index contributed by atoms with van der Waals surface area (Å²) >= 11 is 6.45. The number of nitrogens with two attached hydrogens (primary N) is 1. The predicted octanol–water partition coefficient (Wildman–Crippen LogP) is 2.45. The SMILES string of the molecule is CC[C@H]1CN(c2nc(N)c(C(=O)NCCO)nc2Cl)CCN1C1CCN(Cc2ccc(F)c(C)c2)CC1. The number of likely N-dealkylation sites (tertiary alicyclic amines) is 1. The van der Waals surface area contributed by atoms with Gasteiger partial charge < -0.3 is 21.1 Å². The third-order valence-electron chi connectivity index (χ3n) is 7.43. The van der Waals surface area contributed by atoms with E-state index in [1.807, 2.05) is 19.1 Å². The average molecular weight is 534 g/mol. The number of anilines is 2. The molecule has 2 saturated heterocycles. The van der Waals surface area contributed by atoms with Gasteiger partial charge in [0.25, 0.3) is 5.91 Å². The molecule has 2 aliphatic heterocycles. The van der Waals surface area contributed by atoms with E-state index >= 15 is 0 Å². The summed E-state index contributed by atoms with van der Waals surface area (Å²) in [4.78, 5) is 28.1. The minimum Gasteiger partial charge on any atom is -0.395 e. The lowest BCUT2D eigenvalue weighted by Crippen LogP contribution is -2.58. The Morgan fingerprint density at radius 1 is 1.24 bits per heavy atom. The van der Waals surface area contributed by atoms with Crippen LogP contribution in [0.4, 0.5) is 16.0 Å². The van der Waals surface area contributed by atoms with E-state index in [0.29, 0.717) is 23.5 Å². The molecule has 3 heterocycles. The fraction of sp³-hybridized carbons (Fsp3) is 0.577. The van der Waals surface area contributed by atoms with Crippen LogP contribution in [0.5, 0.6) is 0 Å². The predicted molar refractivity (Wildman–Crippen MR) is 143 cm³/mol. The molecule has 0 saturated carbocycles. The van der Waals surface area contributed by atoms with Gasteiger partial charge in [-0.2, -0.15) is 0 Å². The number of benzene rings is 1. The summed E-state index contributed by atoms with van der Waals surface area (Å²) in [6.07, 6.45) is 3.19. The van der Waals surface area contributed by atoms with Gasteiger partial charge in [-0.05, 0) is 56.5 Å².